The van der Waals surface area contributed by atoms with E-state index in [1.807, 2.05) is 45.0 Å². The molecule has 148 valence electrons. The lowest BCUT2D eigenvalue weighted by Gasteiger charge is -2.16. The van der Waals surface area contributed by atoms with Crippen LogP contribution in [0.3, 0.4) is 0 Å². The van der Waals surface area contributed by atoms with E-state index in [-0.39, 0.29) is 36.7 Å². The molecular formula is C23H22N2O4. The first-order valence-electron chi connectivity index (χ1n) is 9.61. The molecule has 1 aliphatic rings. The van der Waals surface area contributed by atoms with Gasteiger partial charge in [-0.25, -0.2) is 0 Å². The zero-order valence-corrected chi connectivity index (χ0v) is 16.6. The predicted molar refractivity (Wildman–Crippen MR) is 109 cm³/mol. The number of carbonyl (C=O) groups excluding carboxylic acids is 3. The molecule has 1 N–H and O–H groups in total. The minimum Gasteiger partial charge on any atom is -0.459 e. The number of rotatable bonds is 5. The number of aryl methyl sites for hydroxylation is 2. The second-order valence-corrected chi connectivity index (χ2v) is 7.44. The highest BCUT2D eigenvalue weighted by Gasteiger charge is 2.35. The minimum atomic E-state index is -0.348. The first-order chi connectivity index (χ1) is 13.9. The average molecular weight is 390 g/mol. The van der Waals surface area contributed by atoms with Gasteiger partial charge >= 0.3 is 0 Å². The van der Waals surface area contributed by atoms with Gasteiger partial charge in [-0.2, -0.15) is 0 Å². The molecule has 0 aliphatic carbocycles. The van der Waals surface area contributed by atoms with E-state index in [0.29, 0.717) is 16.9 Å². The number of carbonyl (C=O) groups is 3. The van der Waals surface area contributed by atoms with Gasteiger partial charge in [0.1, 0.15) is 11.3 Å². The Morgan fingerprint density at radius 2 is 1.79 bits per heavy atom. The van der Waals surface area contributed by atoms with Crippen LogP contribution in [0.25, 0.3) is 11.0 Å². The van der Waals surface area contributed by atoms with Gasteiger partial charge in [-0.1, -0.05) is 29.8 Å². The molecular weight excluding hydrogens is 368 g/mol. The van der Waals surface area contributed by atoms with Gasteiger partial charge in [0.25, 0.3) is 11.8 Å². The number of hydrogen-bond donors (Lipinski definition) is 1. The molecule has 0 radical (unpaired) electrons. The smallest absolute Gasteiger partial charge is 0.261 e. The molecule has 0 spiro atoms. The van der Waals surface area contributed by atoms with E-state index >= 15 is 0 Å². The second kappa shape index (κ2) is 7.20. The molecule has 29 heavy (non-hydrogen) atoms. The van der Waals surface area contributed by atoms with Gasteiger partial charge in [0.05, 0.1) is 17.2 Å². The van der Waals surface area contributed by atoms with Gasteiger partial charge in [-0.3, -0.25) is 19.3 Å². The molecule has 3 aromatic rings. The van der Waals surface area contributed by atoms with Crippen LogP contribution in [0.1, 0.15) is 57.0 Å². The fraction of sp³-hybridized carbons (Fsp3) is 0.261. The Bertz CT molecular complexity index is 1140. The maximum absolute atomic E-state index is 12.5. The number of hydrogen-bond acceptors (Lipinski definition) is 4. The fourth-order valence-corrected chi connectivity index (χ4v) is 3.81. The molecule has 4 rings (SSSR count). The molecule has 6 heteroatoms. The Morgan fingerprint density at radius 3 is 2.55 bits per heavy atom. The number of nitrogens with zero attached hydrogens (tertiary/aromatic N) is 1. The highest BCUT2D eigenvalue weighted by atomic mass is 16.3. The first kappa shape index (κ1) is 18.9. The Hall–Kier alpha value is -3.41. The normalized spacial score (nSPS) is 14.4. The largest absolute Gasteiger partial charge is 0.459 e. The summed E-state index contributed by atoms with van der Waals surface area (Å²) in [4.78, 5) is 38.6. The van der Waals surface area contributed by atoms with Crippen LogP contribution < -0.4 is 5.32 Å². The van der Waals surface area contributed by atoms with E-state index in [1.165, 1.54) is 0 Å². The summed E-state index contributed by atoms with van der Waals surface area (Å²) in [5.74, 6) is -0.234. The van der Waals surface area contributed by atoms with Crippen LogP contribution in [0.15, 0.2) is 46.9 Å². The van der Waals surface area contributed by atoms with Crippen molar-refractivity contribution in [2.75, 3.05) is 6.54 Å². The van der Waals surface area contributed by atoms with Crippen LogP contribution >= 0.6 is 0 Å². The predicted octanol–water partition coefficient (Wildman–Crippen LogP) is 3.91. The van der Waals surface area contributed by atoms with E-state index < -0.39 is 0 Å². The van der Waals surface area contributed by atoms with Crippen molar-refractivity contribution >= 4 is 28.7 Å². The van der Waals surface area contributed by atoms with Crippen molar-refractivity contribution in [2.45, 2.75) is 33.2 Å². The third-order valence-electron chi connectivity index (χ3n) is 5.34. The number of furan rings is 1. The lowest BCUT2D eigenvalue weighted by atomic mass is 10.1. The van der Waals surface area contributed by atoms with Crippen molar-refractivity contribution in [3.8, 4) is 0 Å². The van der Waals surface area contributed by atoms with Crippen LogP contribution in [0.4, 0.5) is 0 Å². The van der Waals surface area contributed by atoms with E-state index in [2.05, 4.69) is 5.32 Å². The first-order valence-corrected chi connectivity index (χ1v) is 9.61. The van der Waals surface area contributed by atoms with Gasteiger partial charge in [0.15, 0.2) is 0 Å². The lowest BCUT2D eigenvalue weighted by molar-refractivity contribution is -0.121. The molecule has 3 amide bonds. The van der Waals surface area contributed by atoms with Crippen LogP contribution in [0.5, 0.6) is 0 Å². The molecule has 2 aromatic carbocycles. The number of imide groups is 1. The zero-order chi connectivity index (χ0) is 20.7. The molecule has 0 fully saturated rings. The summed E-state index contributed by atoms with van der Waals surface area (Å²) in [6, 6.07) is 12.6. The summed E-state index contributed by atoms with van der Waals surface area (Å²) in [5.41, 5.74) is 3.49. The van der Waals surface area contributed by atoms with Crippen molar-refractivity contribution in [2.24, 2.45) is 0 Å². The molecule has 1 atom stereocenters. The molecule has 1 unspecified atom stereocenters. The summed E-state index contributed by atoms with van der Waals surface area (Å²) < 4.78 is 5.89. The van der Waals surface area contributed by atoms with Crippen molar-refractivity contribution < 1.29 is 18.8 Å². The quantitative estimate of drug-likeness (QED) is 0.670. The number of amides is 3. The third-order valence-corrected chi connectivity index (χ3v) is 5.34. The molecule has 0 saturated heterocycles. The molecule has 1 aromatic heterocycles. The van der Waals surface area contributed by atoms with Crippen LogP contribution in [0, 0.1) is 13.8 Å². The highest BCUT2D eigenvalue weighted by molar-refractivity contribution is 6.21. The van der Waals surface area contributed by atoms with E-state index in [4.69, 9.17) is 4.42 Å². The Kier molecular flexibility index (Phi) is 4.70. The second-order valence-electron chi connectivity index (χ2n) is 7.44. The maximum atomic E-state index is 12.5. The topological polar surface area (TPSA) is 79.6 Å². The SMILES string of the molecule is Cc1ccc2c(c1)C(=O)N(CCC(=O)NC(C)c1oc3ccccc3c1C)C2=O. The molecule has 2 heterocycles. The van der Waals surface area contributed by atoms with Crippen molar-refractivity contribution in [3.05, 3.63) is 70.5 Å². The van der Waals surface area contributed by atoms with Gasteiger partial charge in [-0.15, -0.1) is 0 Å². The fourth-order valence-electron chi connectivity index (χ4n) is 3.81. The highest BCUT2D eigenvalue weighted by Crippen LogP contribution is 2.29. The minimum absolute atomic E-state index is 0.0358. The van der Waals surface area contributed by atoms with Gasteiger partial charge in [0, 0.05) is 23.9 Å². The standard InChI is InChI=1S/C23H22N2O4/c1-13-8-9-17-18(12-13)23(28)25(22(17)27)11-10-20(26)24-15(3)21-14(2)16-6-4-5-7-19(16)29-21/h4-9,12,15H,10-11H2,1-3H3,(H,24,26). The number of benzene rings is 2. The summed E-state index contributed by atoms with van der Waals surface area (Å²) in [5, 5.41) is 3.92. The Balaban J connectivity index is 1.41. The average Bonchev–Trinajstić information content (AvgIpc) is 3.15. The summed E-state index contributed by atoms with van der Waals surface area (Å²) >= 11 is 0. The van der Waals surface area contributed by atoms with Crippen LogP contribution in [-0.2, 0) is 4.79 Å². The van der Waals surface area contributed by atoms with E-state index in [0.717, 1.165) is 27.0 Å². The van der Waals surface area contributed by atoms with Crippen molar-refractivity contribution in [1.29, 1.82) is 0 Å². The number of fused-ring (bicyclic) bond motifs is 2. The maximum Gasteiger partial charge on any atom is 0.261 e. The molecule has 6 nitrogen and oxygen atoms in total. The summed E-state index contributed by atoms with van der Waals surface area (Å²) in [6.45, 7) is 5.73. The summed E-state index contributed by atoms with van der Waals surface area (Å²) in [7, 11) is 0. The van der Waals surface area contributed by atoms with Crippen molar-refractivity contribution in [3.63, 3.8) is 0 Å². The molecule has 0 bridgehead atoms. The van der Waals surface area contributed by atoms with Crippen LogP contribution in [0.2, 0.25) is 0 Å². The lowest BCUT2D eigenvalue weighted by Crippen LogP contribution is -2.35. The number of nitrogens with one attached hydrogen (secondary N) is 1. The van der Waals surface area contributed by atoms with Crippen LogP contribution in [-0.4, -0.2) is 29.2 Å². The third kappa shape index (κ3) is 3.31. The number of para-hydroxylation sites is 1. The molecule has 0 saturated carbocycles. The Labute approximate surface area is 168 Å². The zero-order valence-electron chi connectivity index (χ0n) is 16.6. The Morgan fingerprint density at radius 1 is 1.07 bits per heavy atom. The van der Waals surface area contributed by atoms with Gasteiger partial charge in [-0.05, 0) is 39.0 Å². The molecule has 1 aliphatic heterocycles. The monoisotopic (exact) mass is 390 g/mol. The van der Waals surface area contributed by atoms with Gasteiger partial charge < -0.3 is 9.73 Å². The van der Waals surface area contributed by atoms with Gasteiger partial charge in [0.2, 0.25) is 5.91 Å². The van der Waals surface area contributed by atoms with E-state index in [1.54, 1.807) is 18.2 Å². The van der Waals surface area contributed by atoms with Crippen molar-refractivity contribution in [1.82, 2.24) is 10.2 Å². The van der Waals surface area contributed by atoms with E-state index in [9.17, 15) is 14.4 Å². The summed E-state index contributed by atoms with van der Waals surface area (Å²) in [6.07, 6.45) is 0.0358.